The first kappa shape index (κ1) is 11.9. The third-order valence-electron chi connectivity index (χ3n) is 2.54. The summed E-state index contributed by atoms with van der Waals surface area (Å²) in [6.45, 7) is 2.87. The molecule has 0 spiro atoms. The molecule has 0 saturated heterocycles. The molecule has 0 aliphatic carbocycles. The van der Waals surface area contributed by atoms with E-state index < -0.39 is 0 Å². The maximum Gasteiger partial charge on any atom is 0.185 e. The summed E-state index contributed by atoms with van der Waals surface area (Å²) in [6, 6.07) is 8.07. The molecule has 17 heavy (non-hydrogen) atoms. The van der Waals surface area contributed by atoms with Crippen LogP contribution < -0.4 is 9.64 Å². The van der Waals surface area contributed by atoms with Crippen molar-refractivity contribution in [3.05, 3.63) is 40.9 Å². The van der Waals surface area contributed by atoms with Crippen molar-refractivity contribution in [1.82, 2.24) is 4.98 Å². The second-order valence-corrected chi connectivity index (χ2v) is 5.13. The quantitative estimate of drug-likeness (QED) is 0.831. The number of hydrogen-bond acceptors (Lipinski definition) is 4. The average molecular weight is 248 g/mol. The van der Waals surface area contributed by atoms with Crippen LogP contribution in [0, 0.1) is 6.92 Å². The van der Waals surface area contributed by atoms with Crippen molar-refractivity contribution in [3.63, 3.8) is 0 Å². The molecular weight excluding hydrogens is 232 g/mol. The summed E-state index contributed by atoms with van der Waals surface area (Å²) in [5.74, 6) is 0.924. The molecule has 2 aromatic rings. The van der Waals surface area contributed by atoms with Crippen molar-refractivity contribution < 1.29 is 4.74 Å². The lowest BCUT2D eigenvalue weighted by molar-refractivity contribution is 0.409. The van der Waals surface area contributed by atoms with E-state index in [1.165, 1.54) is 10.4 Å². The Kier molecular flexibility index (Phi) is 3.64. The second kappa shape index (κ2) is 5.19. The highest BCUT2D eigenvalue weighted by Gasteiger charge is 2.08. The topological polar surface area (TPSA) is 25.4 Å². The highest BCUT2D eigenvalue weighted by atomic mass is 32.1. The molecule has 2 rings (SSSR count). The van der Waals surface area contributed by atoms with Gasteiger partial charge in [0.2, 0.25) is 0 Å². The molecule has 0 amide bonds. The second-order valence-electron chi connectivity index (χ2n) is 3.92. The van der Waals surface area contributed by atoms with E-state index in [0.29, 0.717) is 0 Å². The number of methoxy groups -OCH3 is 1. The highest BCUT2D eigenvalue weighted by Crippen LogP contribution is 2.25. The van der Waals surface area contributed by atoms with Crippen LogP contribution in [-0.4, -0.2) is 19.1 Å². The molecule has 1 aromatic carbocycles. The Morgan fingerprint density at radius 2 is 2.12 bits per heavy atom. The number of benzene rings is 1. The fourth-order valence-electron chi connectivity index (χ4n) is 1.68. The third-order valence-corrected chi connectivity index (χ3v) is 3.56. The molecule has 0 bridgehead atoms. The minimum Gasteiger partial charge on any atom is -0.496 e. The fraction of sp³-hybridized carbons (Fsp3) is 0.308. The fourth-order valence-corrected chi connectivity index (χ4v) is 2.40. The van der Waals surface area contributed by atoms with Gasteiger partial charge >= 0.3 is 0 Å². The van der Waals surface area contributed by atoms with Gasteiger partial charge in [-0.2, -0.15) is 0 Å². The summed E-state index contributed by atoms with van der Waals surface area (Å²) in [6.07, 6.45) is 1.90. The lowest BCUT2D eigenvalue weighted by atomic mass is 10.2. The Balaban J connectivity index is 2.15. The van der Waals surface area contributed by atoms with Gasteiger partial charge in [-0.05, 0) is 13.0 Å². The van der Waals surface area contributed by atoms with Crippen LogP contribution in [0.5, 0.6) is 5.75 Å². The molecule has 4 heteroatoms. The summed E-state index contributed by atoms with van der Waals surface area (Å²) < 4.78 is 5.34. The number of hydrogen-bond donors (Lipinski definition) is 0. The molecule has 0 fully saturated rings. The Morgan fingerprint density at radius 1 is 1.35 bits per heavy atom. The minimum absolute atomic E-state index is 0.803. The van der Waals surface area contributed by atoms with E-state index in [9.17, 15) is 0 Å². The first-order valence-electron chi connectivity index (χ1n) is 5.46. The number of aromatic nitrogens is 1. The molecule has 90 valence electrons. The predicted molar refractivity (Wildman–Crippen MR) is 72.0 cm³/mol. The predicted octanol–water partition coefficient (Wildman–Crippen LogP) is 3.10. The maximum atomic E-state index is 5.34. The molecule has 0 unspecified atom stereocenters. The zero-order valence-electron chi connectivity index (χ0n) is 10.3. The van der Waals surface area contributed by atoms with Gasteiger partial charge in [0, 0.05) is 30.2 Å². The van der Waals surface area contributed by atoms with E-state index >= 15 is 0 Å². The number of para-hydroxylation sites is 1. The van der Waals surface area contributed by atoms with E-state index in [4.69, 9.17) is 4.74 Å². The number of rotatable bonds is 4. The van der Waals surface area contributed by atoms with Crippen molar-refractivity contribution >= 4 is 16.5 Å². The van der Waals surface area contributed by atoms with Gasteiger partial charge in [-0.3, -0.25) is 0 Å². The molecule has 0 aliphatic heterocycles. The first-order chi connectivity index (χ1) is 8.20. The molecule has 0 atom stereocenters. The molecule has 1 aromatic heterocycles. The Hall–Kier alpha value is -1.55. The summed E-state index contributed by atoms with van der Waals surface area (Å²) in [4.78, 5) is 7.73. The van der Waals surface area contributed by atoms with E-state index in [-0.39, 0.29) is 0 Å². The van der Waals surface area contributed by atoms with E-state index in [1.807, 2.05) is 31.4 Å². The van der Waals surface area contributed by atoms with Gasteiger partial charge in [0.25, 0.3) is 0 Å². The van der Waals surface area contributed by atoms with Gasteiger partial charge in [0.05, 0.1) is 7.11 Å². The molecule has 0 aliphatic rings. The number of aryl methyl sites for hydroxylation is 1. The van der Waals surface area contributed by atoms with Crippen molar-refractivity contribution in [2.75, 3.05) is 19.1 Å². The SMILES string of the molecule is COc1ccccc1CN(C)c1ncc(C)s1. The Bertz CT molecular complexity index is 496. The summed E-state index contributed by atoms with van der Waals surface area (Å²) >= 11 is 1.70. The highest BCUT2D eigenvalue weighted by molar-refractivity contribution is 7.15. The number of nitrogens with zero attached hydrogens (tertiary/aromatic N) is 2. The van der Waals surface area contributed by atoms with Crippen LogP contribution in [0.1, 0.15) is 10.4 Å². The summed E-state index contributed by atoms with van der Waals surface area (Å²) in [5, 5.41) is 1.04. The van der Waals surface area contributed by atoms with E-state index in [2.05, 4.69) is 22.9 Å². The van der Waals surface area contributed by atoms with Gasteiger partial charge in [0.1, 0.15) is 5.75 Å². The smallest absolute Gasteiger partial charge is 0.185 e. The van der Waals surface area contributed by atoms with E-state index in [1.54, 1.807) is 18.4 Å². The molecular formula is C13H16N2OS. The van der Waals surface area contributed by atoms with Crippen LogP contribution in [0.15, 0.2) is 30.5 Å². The van der Waals surface area contributed by atoms with Gasteiger partial charge in [-0.1, -0.05) is 18.2 Å². The van der Waals surface area contributed by atoms with Crippen LogP contribution in [0.2, 0.25) is 0 Å². The normalized spacial score (nSPS) is 10.3. The van der Waals surface area contributed by atoms with Gasteiger partial charge in [-0.15, -0.1) is 11.3 Å². The summed E-state index contributed by atoms with van der Waals surface area (Å²) in [5.41, 5.74) is 1.17. The van der Waals surface area contributed by atoms with Crippen LogP contribution in [0.3, 0.4) is 0 Å². The molecule has 0 radical (unpaired) electrons. The first-order valence-corrected chi connectivity index (χ1v) is 6.28. The largest absolute Gasteiger partial charge is 0.496 e. The van der Waals surface area contributed by atoms with Crippen LogP contribution >= 0.6 is 11.3 Å². The number of anilines is 1. The maximum absolute atomic E-state index is 5.34. The molecule has 0 N–H and O–H groups in total. The third kappa shape index (κ3) is 2.77. The van der Waals surface area contributed by atoms with Crippen LogP contribution in [0.25, 0.3) is 0 Å². The molecule has 1 heterocycles. The Morgan fingerprint density at radius 3 is 2.76 bits per heavy atom. The van der Waals surface area contributed by atoms with Crippen molar-refractivity contribution in [2.24, 2.45) is 0 Å². The average Bonchev–Trinajstić information content (AvgIpc) is 2.77. The number of thiazole rings is 1. The van der Waals surface area contributed by atoms with Gasteiger partial charge < -0.3 is 9.64 Å². The van der Waals surface area contributed by atoms with Crippen LogP contribution in [0.4, 0.5) is 5.13 Å². The minimum atomic E-state index is 0.803. The van der Waals surface area contributed by atoms with Crippen LogP contribution in [-0.2, 0) is 6.54 Å². The van der Waals surface area contributed by atoms with Gasteiger partial charge in [-0.25, -0.2) is 4.98 Å². The van der Waals surface area contributed by atoms with Crippen molar-refractivity contribution in [3.8, 4) is 5.75 Å². The molecule has 0 saturated carbocycles. The summed E-state index contributed by atoms with van der Waals surface area (Å²) in [7, 11) is 3.75. The lowest BCUT2D eigenvalue weighted by Gasteiger charge is -2.17. The number of ether oxygens (including phenoxy) is 1. The molecule has 3 nitrogen and oxygen atoms in total. The monoisotopic (exact) mass is 248 g/mol. The lowest BCUT2D eigenvalue weighted by Crippen LogP contribution is -2.16. The zero-order chi connectivity index (χ0) is 12.3. The van der Waals surface area contributed by atoms with Crippen molar-refractivity contribution in [2.45, 2.75) is 13.5 Å². The standard InChI is InChI=1S/C13H16N2OS/c1-10-8-14-13(17-10)15(2)9-11-6-4-5-7-12(11)16-3/h4-8H,9H2,1-3H3. The van der Waals surface area contributed by atoms with E-state index in [0.717, 1.165) is 17.4 Å². The Labute approximate surface area is 106 Å². The zero-order valence-corrected chi connectivity index (χ0v) is 11.1. The van der Waals surface area contributed by atoms with Crippen molar-refractivity contribution in [1.29, 1.82) is 0 Å². The van der Waals surface area contributed by atoms with Gasteiger partial charge in [0.15, 0.2) is 5.13 Å².